The first kappa shape index (κ1) is 45.8. The molecule has 2 atom stereocenters. The molecule has 3 nitrogen and oxygen atoms in total. The lowest BCUT2D eigenvalue weighted by molar-refractivity contribution is -0.167. The summed E-state index contributed by atoms with van der Waals surface area (Å²) in [4.78, 5) is 0. The summed E-state index contributed by atoms with van der Waals surface area (Å²) < 4.78 is 21.0. The molecule has 268 valence electrons. The van der Waals surface area contributed by atoms with E-state index in [1.54, 1.807) is 0 Å². The van der Waals surface area contributed by atoms with Crippen LogP contribution in [0.3, 0.4) is 0 Å². The van der Waals surface area contributed by atoms with Gasteiger partial charge in [-0.2, -0.15) is 0 Å². The van der Waals surface area contributed by atoms with E-state index in [0.717, 1.165) is 38.5 Å². The molecule has 0 saturated heterocycles. The third-order valence-electron chi connectivity index (χ3n) is 8.69. The predicted molar refractivity (Wildman–Crippen MR) is 217 cm³/mol. The molecule has 0 aliphatic carbocycles. The van der Waals surface area contributed by atoms with E-state index in [-0.39, 0.29) is 12.2 Å². The Hall–Kier alpha value is 0.820. The van der Waals surface area contributed by atoms with Gasteiger partial charge < -0.3 is 14.2 Å². The van der Waals surface area contributed by atoms with E-state index in [2.05, 4.69) is 83.3 Å². The molecule has 0 fully saturated rings. The molecular formula is C40H76I2O3. The molecule has 0 heterocycles. The van der Waals surface area contributed by atoms with Gasteiger partial charge >= 0.3 is 0 Å². The quantitative estimate of drug-likeness (QED) is 0.0204. The fraction of sp³-hybridized carbons (Fsp3) is 0.900. The summed E-state index contributed by atoms with van der Waals surface area (Å²) in [6.07, 6.45) is 46.1. The second-order valence-electron chi connectivity index (χ2n) is 13.0. The lowest BCUT2D eigenvalue weighted by Gasteiger charge is -2.20. The minimum absolute atomic E-state index is 0.287. The molecule has 0 rings (SSSR count). The van der Waals surface area contributed by atoms with E-state index in [1.165, 1.54) is 150 Å². The molecule has 0 aromatic rings. The summed E-state index contributed by atoms with van der Waals surface area (Å²) in [5.41, 5.74) is 0. The Morgan fingerprint density at radius 1 is 0.400 bits per heavy atom. The summed E-state index contributed by atoms with van der Waals surface area (Å²) in [7, 11) is 0. The van der Waals surface area contributed by atoms with E-state index < -0.39 is 0 Å². The molecule has 0 aliphatic rings. The molecule has 0 N–H and O–H groups in total. The molecule has 0 radical (unpaired) electrons. The third kappa shape index (κ3) is 37.5. The van der Waals surface area contributed by atoms with E-state index in [4.69, 9.17) is 14.2 Å². The molecule has 0 amide bonds. The van der Waals surface area contributed by atoms with Crippen LogP contribution in [-0.4, -0.2) is 34.6 Å². The number of ether oxygens (including phenoxy) is 3. The monoisotopic (exact) mass is 858 g/mol. The van der Waals surface area contributed by atoms with Gasteiger partial charge in [0.15, 0.2) is 0 Å². The fourth-order valence-electron chi connectivity index (χ4n) is 5.71. The van der Waals surface area contributed by atoms with Gasteiger partial charge in [-0.25, -0.2) is 0 Å². The van der Waals surface area contributed by atoms with Crippen molar-refractivity contribution in [3.05, 3.63) is 24.3 Å². The Bertz CT molecular complexity index is 548. The standard InChI is InChI=1S/C40H76I2O3/c1-3-5-7-9-19-25-31-39(33-27-21-15-11-13-17-23-29-35-41)44-37-43-38-45-40(32-26-20-10-8-6-4-2)34-28-22-16-12-14-18-24-30-36-42/h15-16,21-22,39-40H,3-14,17-20,23-38H2,1-2H3. The Balaban J connectivity index is 4.47. The van der Waals surface area contributed by atoms with Gasteiger partial charge in [0.2, 0.25) is 0 Å². The average Bonchev–Trinajstić information content (AvgIpc) is 3.05. The van der Waals surface area contributed by atoms with Gasteiger partial charge in [0, 0.05) is 0 Å². The van der Waals surface area contributed by atoms with Crippen molar-refractivity contribution in [2.24, 2.45) is 0 Å². The van der Waals surface area contributed by atoms with Gasteiger partial charge in [-0.3, -0.25) is 0 Å². The topological polar surface area (TPSA) is 27.7 Å². The zero-order valence-corrected chi connectivity index (χ0v) is 34.4. The van der Waals surface area contributed by atoms with Crippen LogP contribution in [0.1, 0.15) is 194 Å². The SMILES string of the molecule is CCCCCCCCC(CCC=CCCCCCCI)OCOCOC(CCC=CCCCCCCI)CCCCCCCC. The van der Waals surface area contributed by atoms with Crippen LogP contribution in [0.25, 0.3) is 0 Å². The van der Waals surface area contributed by atoms with Gasteiger partial charge in [-0.05, 0) is 85.9 Å². The van der Waals surface area contributed by atoms with Crippen LogP contribution in [0.2, 0.25) is 0 Å². The largest absolute Gasteiger partial charge is 0.352 e. The van der Waals surface area contributed by atoms with Gasteiger partial charge in [-0.1, -0.05) is 186 Å². The number of rotatable bonds is 38. The molecule has 0 bridgehead atoms. The predicted octanol–water partition coefficient (Wildman–Crippen LogP) is 14.6. The van der Waals surface area contributed by atoms with E-state index in [1.807, 2.05) is 0 Å². The zero-order chi connectivity index (χ0) is 32.7. The summed E-state index contributed by atoms with van der Waals surface area (Å²) >= 11 is 4.97. The fourth-order valence-corrected chi connectivity index (χ4v) is 6.78. The maximum Gasteiger partial charge on any atom is 0.149 e. The second kappa shape index (κ2) is 41.0. The van der Waals surface area contributed by atoms with Crippen molar-refractivity contribution in [3.63, 3.8) is 0 Å². The van der Waals surface area contributed by atoms with Crippen molar-refractivity contribution in [3.8, 4) is 0 Å². The summed E-state index contributed by atoms with van der Waals surface area (Å²) in [5, 5.41) is 0. The van der Waals surface area contributed by atoms with Crippen molar-refractivity contribution < 1.29 is 14.2 Å². The van der Waals surface area contributed by atoms with Gasteiger partial charge in [0.05, 0.1) is 12.2 Å². The highest BCUT2D eigenvalue weighted by atomic mass is 127. The average molecular weight is 859 g/mol. The molecule has 0 aliphatic heterocycles. The Morgan fingerprint density at radius 2 is 0.756 bits per heavy atom. The van der Waals surface area contributed by atoms with E-state index >= 15 is 0 Å². The number of unbranched alkanes of at least 4 members (excludes halogenated alkanes) is 18. The van der Waals surface area contributed by atoms with Crippen molar-refractivity contribution in [2.75, 3.05) is 22.4 Å². The highest BCUT2D eigenvalue weighted by Gasteiger charge is 2.11. The summed E-state index contributed by atoms with van der Waals surface area (Å²) in [6, 6.07) is 0. The van der Waals surface area contributed by atoms with Crippen LogP contribution >= 0.6 is 45.2 Å². The Morgan fingerprint density at radius 3 is 1.18 bits per heavy atom. The molecular weight excluding hydrogens is 782 g/mol. The molecule has 0 aromatic carbocycles. The maximum absolute atomic E-state index is 6.27. The van der Waals surface area contributed by atoms with E-state index in [0.29, 0.717) is 13.6 Å². The molecule has 2 unspecified atom stereocenters. The first-order valence-electron chi connectivity index (χ1n) is 19.5. The molecule has 0 spiro atoms. The first-order chi connectivity index (χ1) is 22.3. The number of alkyl halides is 2. The van der Waals surface area contributed by atoms with Crippen LogP contribution < -0.4 is 0 Å². The maximum atomic E-state index is 6.27. The van der Waals surface area contributed by atoms with Crippen molar-refractivity contribution in [2.45, 2.75) is 206 Å². The van der Waals surface area contributed by atoms with Crippen molar-refractivity contribution in [1.82, 2.24) is 0 Å². The zero-order valence-electron chi connectivity index (χ0n) is 30.1. The van der Waals surface area contributed by atoms with Gasteiger partial charge in [0.1, 0.15) is 13.6 Å². The van der Waals surface area contributed by atoms with Crippen LogP contribution in [0.15, 0.2) is 24.3 Å². The smallest absolute Gasteiger partial charge is 0.149 e. The minimum Gasteiger partial charge on any atom is -0.352 e. The summed E-state index contributed by atoms with van der Waals surface area (Å²) in [5.74, 6) is 0. The lowest BCUT2D eigenvalue weighted by atomic mass is 10.0. The second-order valence-corrected chi connectivity index (χ2v) is 15.2. The van der Waals surface area contributed by atoms with Crippen LogP contribution in [0.4, 0.5) is 0 Å². The molecule has 0 saturated carbocycles. The summed E-state index contributed by atoms with van der Waals surface area (Å²) in [6.45, 7) is 5.28. The molecule has 45 heavy (non-hydrogen) atoms. The highest BCUT2D eigenvalue weighted by molar-refractivity contribution is 14.1. The first-order valence-corrected chi connectivity index (χ1v) is 22.6. The number of hydrogen-bond donors (Lipinski definition) is 0. The number of allylic oxidation sites excluding steroid dienone is 4. The minimum atomic E-state index is 0.287. The van der Waals surface area contributed by atoms with Gasteiger partial charge in [-0.15, -0.1) is 0 Å². The van der Waals surface area contributed by atoms with Gasteiger partial charge in [0.25, 0.3) is 0 Å². The van der Waals surface area contributed by atoms with Crippen molar-refractivity contribution >= 4 is 45.2 Å². The van der Waals surface area contributed by atoms with Crippen LogP contribution in [0, 0.1) is 0 Å². The Labute approximate surface area is 309 Å². The van der Waals surface area contributed by atoms with Crippen molar-refractivity contribution in [1.29, 1.82) is 0 Å². The highest BCUT2D eigenvalue weighted by Crippen LogP contribution is 2.17. The lowest BCUT2D eigenvalue weighted by Crippen LogP contribution is -2.19. The molecule has 5 heteroatoms. The van der Waals surface area contributed by atoms with Crippen LogP contribution in [-0.2, 0) is 14.2 Å². The third-order valence-corrected chi connectivity index (χ3v) is 10.2. The van der Waals surface area contributed by atoms with E-state index in [9.17, 15) is 0 Å². The Kier molecular flexibility index (Phi) is 41.7. The number of halogens is 2. The number of hydrogen-bond acceptors (Lipinski definition) is 3. The van der Waals surface area contributed by atoms with Crippen LogP contribution in [0.5, 0.6) is 0 Å². The molecule has 0 aromatic heterocycles. The normalized spacial score (nSPS) is 13.4.